The van der Waals surface area contributed by atoms with Crippen LogP contribution in [0, 0.1) is 0 Å². The Balaban J connectivity index is 1.66. The molecule has 0 aliphatic carbocycles. The number of benzene rings is 1. The molecule has 106 valence electrons. The highest BCUT2D eigenvalue weighted by atomic mass is 16.5. The summed E-state index contributed by atoms with van der Waals surface area (Å²) < 4.78 is 6.80. The summed E-state index contributed by atoms with van der Waals surface area (Å²) >= 11 is 0. The fraction of sp³-hybridized carbons (Fsp3) is 0.429. The Morgan fingerprint density at radius 3 is 3.20 bits per heavy atom. The van der Waals surface area contributed by atoms with E-state index in [9.17, 15) is 9.90 Å². The van der Waals surface area contributed by atoms with Gasteiger partial charge in [0.1, 0.15) is 6.54 Å². The lowest BCUT2D eigenvalue weighted by molar-refractivity contribution is -0.125. The number of hydrogen-bond donors (Lipinski definition) is 2. The number of rotatable bonds is 3. The zero-order chi connectivity index (χ0) is 13.9. The van der Waals surface area contributed by atoms with Crippen molar-refractivity contribution in [3.05, 3.63) is 30.5 Å². The van der Waals surface area contributed by atoms with Gasteiger partial charge in [-0.3, -0.25) is 9.48 Å². The van der Waals surface area contributed by atoms with Crippen LogP contribution in [0.4, 0.5) is 0 Å². The first kappa shape index (κ1) is 13.1. The van der Waals surface area contributed by atoms with E-state index in [4.69, 9.17) is 4.74 Å². The Bertz CT molecular complexity index is 610. The van der Waals surface area contributed by atoms with E-state index in [1.54, 1.807) is 10.9 Å². The van der Waals surface area contributed by atoms with Crippen LogP contribution in [0.25, 0.3) is 10.9 Å². The number of hydrogen-bond acceptors (Lipinski definition) is 4. The number of amides is 1. The van der Waals surface area contributed by atoms with E-state index in [1.165, 1.54) is 0 Å². The minimum atomic E-state index is -0.637. The third-order valence-electron chi connectivity index (χ3n) is 3.52. The van der Waals surface area contributed by atoms with E-state index in [0.717, 1.165) is 10.9 Å². The standard InChI is InChI=1S/C14H17N3O3/c18-13-9-20-6-5-11(13)16-14(19)8-17-12-4-2-1-3-10(12)7-15-17/h1-4,7,11,13,18H,5-6,8-9H2,(H,16,19)/t11-,13-/m1/s1. The van der Waals surface area contributed by atoms with Crippen molar-refractivity contribution in [2.45, 2.75) is 25.1 Å². The van der Waals surface area contributed by atoms with Crippen molar-refractivity contribution in [2.24, 2.45) is 0 Å². The van der Waals surface area contributed by atoms with E-state index in [-0.39, 0.29) is 25.1 Å². The van der Waals surface area contributed by atoms with Gasteiger partial charge in [0.2, 0.25) is 5.91 Å². The van der Waals surface area contributed by atoms with Crippen LogP contribution in [-0.2, 0) is 16.1 Å². The molecule has 0 radical (unpaired) electrons. The second kappa shape index (κ2) is 5.60. The van der Waals surface area contributed by atoms with Crippen molar-refractivity contribution in [2.75, 3.05) is 13.2 Å². The van der Waals surface area contributed by atoms with Crippen molar-refractivity contribution in [1.82, 2.24) is 15.1 Å². The van der Waals surface area contributed by atoms with Gasteiger partial charge >= 0.3 is 0 Å². The predicted molar refractivity (Wildman–Crippen MR) is 73.1 cm³/mol. The monoisotopic (exact) mass is 275 g/mol. The third kappa shape index (κ3) is 2.66. The van der Waals surface area contributed by atoms with E-state index < -0.39 is 6.10 Å². The molecule has 1 aliphatic rings. The highest BCUT2D eigenvalue weighted by Gasteiger charge is 2.25. The molecule has 3 rings (SSSR count). The molecule has 1 saturated heterocycles. The van der Waals surface area contributed by atoms with Crippen LogP contribution in [0.5, 0.6) is 0 Å². The molecule has 0 bridgehead atoms. The zero-order valence-corrected chi connectivity index (χ0v) is 11.0. The molecule has 2 N–H and O–H groups in total. The van der Waals surface area contributed by atoms with Crippen molar-refractivity contribution in [3.63, 3.8) is 0 Å². The number of nitrogens with one attached hydrogen (secondary N) is 1. The Morgan fingerprint density at radius 2 is 2.35 bits per heavy atom. The van der Waals surface area contributed by atoms with Crippen LogP contribution in [0.2, 0.25) is 0 Å². The first-order valence-corrected chi connectivity index (χ1v) is 6.70. The fourth-order valence-corrected chi connectivity index (χ4v) is 2.43. The molecule has 6 heteroatoms. The van der Waals surface area contributed by atoms with Gasteiger partial charge in [-0.05, 0) is 12.5 Å². The maximum absolute atomic E-state index is 12.0. The zero-order valence-electron chi connectivity index (χ0n) is 11.0. The molecule has 6 nitrogen and oxygen atoms in total. The summed E-state index contributed by atoms with van der Waals surface area (Å²) in [6.45, 7) is 0.986. The van der Waals surface area contributed by atoms with Gasteiger partial charge in [-0.2, -0.15) is 5.10 Å². The molecule has 2 heterocycles. The lowest BCUT2D eigenvalue weighted by atomic mass is 10.1. The minimum absolute atomic E-state index is 0.148. The maximum Gasteiger partial charge on any atom is 0.242 e. The Morgan fingerprint density at radius 1 is 1.50 bits per heavy atom. The number of aromatic nitrogens is 2. The number of aliphatic hydroxyl groups excluding tert-OH is 1. The first-order chi connectivity index (χ1) is 9.74. The smallest absolute Gasteiger partial charge is 0.242 e. The molecule has 0 saturated carbocycles. The van der Waals surface area contributed by atoms with Gasteiger partial charge in [0.15, 0.2) is 0 Å². The molecule has 2 aromatic rings. The van der Waals surface area contributed by atoms with Crippen LogP contribution in [0.15, 0.2) is 30.5 Å². The van der Waals surface area contributed by atoms with E-state index >= 15 is 0 Å². The van der Waals surface area contributed by atoms with Gasteiger partial charge in [0.05, 0.1) is 30.5 Å². The summed E-state index contributed by atoms with van der Waals surface area (Å²) in [5.74, 6) is -0.148. The third-order valence-corrected chi connectivity index (χ3v) is 3.52. The van der Waals surface area contributed by atoms with Crippen LogP contribution < -0.4 is 5.32 Å². The number of carbonyl (C=O) groups is 1. The van der Waals surface area contributed by atoms with Gasteiger partial charge in [-0.25, -0.2) is 0 Å². The van der Waals surface area contributed by atoms with Crippen molar-refractivity contribution < 1.29 is 14.6 Å². The Hall–Kier alpha value is -1.92. The maximum atomic E-state index is 12.0. The molecule has 1 aromatic carbocycles. The second-order valence-corrected chi connectivity index (χ2v) is 4.97. The van der Waals surface area contributed by atoms with Gasteiger partial charge in [-0.15, -0.1) is 0 Å². The van der Waals surface area contributed by atoms with Crippen LogP contribution in [-0.4, -0.2) is 46.2 Å². The molecule has 0 spiro atoms. The van der Waals surface area contributed by atoms with Gasteiger partial charge in [-0.1, -0.05) is 18.2 Å². The summed E-state index contributed by atoms with van der Waals surface area (Å²) in [5, 5.41) is 17.8. The van der Waals surface area contributed by atoms with E-state index in [0.29, 0.717) is 13.0 Å². The SMILES string of the molecule is O=C(Cn1ncc2ccccc21)N[C@@H]1CCOC[C@H]1O. The molecule has 1 fully saturated rings. The number of ether oxygens (including phenoxy) is 1. The molecular formula is C14H17N3O3. The number of fused-ring (bicyclic) bond motifs is 1. The number of para-hydroxylation sites is 1. The highest BCUT2D eigenvalue weighted by Crippen LogP contribution is 2.12. The van der Waals surface area contributed by atoms with Crippen LogP contribution in [0.3, 0.4) is 0 Å². The molecule has 1 aromatic heterocycles. The molecular weight excluding hydrogens is 258 g/mol. The molecule has 1 amide bonds. The summed E-state index contributed by atoms with van der Waals surface area (Å²) in [4.78, 5) is 12.0. The number of nitrogens with zero attached hydrogens (tertiary/aromatic N) is 2. The Kier molecular flexibility index (Phi) is 3.66. The van der Waals surface area contributed by atoms with Gasteiger partial charge < -0.3 is 15.2 Å². The fourth-order valence-electron chi connectivity index (χ4n) is 2.43. The van der Waals surface area contributed by atoms with Gasteiger partial charge in [0, 0.05) is 12.0 Å². The normalized spacial score (nSPS) is 22.9. The molecule has 0 unspecified atom stereocenters. The second-order valence-electron chi connectivity index (χ2n) is 4.97. The summed E-state index contributed by atoms with van der Waals surface area (Å²) in [7, 11) is 0. The largest absolute Gasteiger partial charge is 0.389 e. The Labute approximate surface area is 116 Å². The summed E-state index contributed by atoms with van der Waals surface area (Å²) in [6, 6.07) is 7.50. The highest BCUT2D eigenvalue weighted by molar-refractivity contribution is 5.82. The van der Waals surface area contributed by atoms with Crippen molar-refractivity contribution in [1.29, 1.82) is 0 Å². The van der Waals surface area contributed by atoms with Crippen molar-refractivity contribution >= 4 is 16.8 Å². The number of carbonyl (C=O) groups excluding carboxylic acids is 1. The lowest BCUT2D eigenvalue weighted by Crippen LogP contribution is -2.49. The molecule has 2 atom stereocenters. The minimum Gasteiger partial charge on any atom is -0.389 e. The topological polar surface area (TPSA) is 76.4 Å². The van der Waals surface area contributed by atoms with Crippen LogP contribution in [0.1, 0.15) is 6.42 Å². The summed E-state index contributed by atoms with van der Waals surface area (Å²) in [5.41, 5.74) is 0.926. The lowest BCUT2D eigenvalue weighted by Gasteiger charge is -2.28. The van der Waals surface area contributed by atoms with E-state index in [1.807, 2.05) is 24.3 Å². The quantitative estimate of drug-likeness (QED) is 0.845. The molecule has 1 aliphatic heterocycles. The number of aliphatic hydroxyl groups is 1. The predicted octanol–water partition coefficient (Wildman–Crippen LogP) is 0.302. The molecule has 20 heavy (non-hydrogen) atoms. The average molecular weight is 275 g/mol. The van der Waals surface area contributed by atoms with Crippen LogP contribution >= 0.6 is 0 Å². The van der Waals surface area contributed by atoms with Crippen molar-refractivity contribution in [3.8, 4) is 0 Å². The summed E-state index contributed by atoms with van der Waals surface area (Å²) in [6.07, 6.45) is 1.74. The van der Waals surface area contributed by atoms with Gasteiger partial charge in [0.25, 0.3) is 0 Å². The van der Waals surface area contributed by atoms with E-state index in [2.05, 4.69) is 10.4 Å². The average Bonchev–Trinajstić information content (AvgIpc) is 2.85. The first-order valence-electron chi connectivity index (χ1n) is 6.70.